The number of hydrogen-bond donors (Lipinski definition) is 2. The fraction of sp³-hybridized carbons (Fsp3) is 0.455. The molecule has 13 heavy (non-hydrogen) atoms. The van der Waals surface area contributed by atoms with Crippen LogP contribution in [0.5, 0.6) is 0 Å². The Balaban J connectivity index is 2.33. The second kappa shape index (κ2) is 3.38. The molecule has 1 aliphatic rings. The first-order valence-corrected chi connectivity index (χ1v) is 4.87. The highest BCUT2D eigenvalue weighted by atomic mass is 14.9. The van der Waals surface area contributed by atoms with Crippen LogP contribution in [0.3, 0.4) is 0 Å². The van der Waals surface area contributed by atoms with Gasteiger partial charge in [0.1, 0.15) is 0 Å². The maximum absolute atomic E-state index is 5.86. The van der Waals surface area contributed by atoms with Gasteiger partial charge in [0.05, 0.1) is 0 Å². The summed E-state index contributed by atoms with van der Waals surface area (Å²) in [7, 11) is 0. The van der Waals surface area contributed by atoms with E-state index in [1.165, 1.54) is 24.0 Å². The van der Waals surface area contributed by atoms with Crippen molar-refractivity contribution in [2.24, 2.45) is 0 Å². The van der Waals surface area contributed by atoms with Gasteiger partial charge in [-0.05, 0) is 43.5 Å². The summed E-state index contributed by atoms with van der Waals surface area (Å²) in [5.41, 5.74) is 9.38. The van der Waals surface area contributed by atoms with Crippen LogP contribution in [0, 0.1) is 6.92 Å². The minimum atomic E-state index is 0.531. The monoisotopic (exact) mass is 176 g/mol. The lowest BCUT2D eigenvalue weighted by Crippen LogP contribution is -2.14. The smallest absolute Gasteiger partial charge is 0.0347 e. The highest BCUT2D eigenvalue weighted by molar-refractivity contribution is 5.51. The molecule has 0 amide bonds. The van der Waals surface area contributed by atoms with E-state index in [1.807, 2.05) is 12.1 Å². The molecule has 1 aliphatic heterocycles. The standard InChI is InChI=1S/C11H16N2/c1-8-9(4-2-5-10(8)12)11-6-3-7-13-11/h2,4-5,11,13H,3,6-7,12H2,1H3/t11-/m0/s1. The van der Waals surface area contributed by atoms with Crippen LogP contribution in [-0.4, -0.2) is 6.54 Å². The third-order valence-electron chi connectivity index (χ3n) is 2.85. The predicted molar refractivity (Wildman–Crippen MR) is 55.6 cm³/mol. The largest absolute Gasteiger partial charge is 0.399 e. The molecule has 3 N–H and O–H groups in total. The molecule has 1 atom stereocenters. The van der Waals surface area contributed by atoms with Crippen molar-refractivity contribution in [1.82, 2.24) is 5.32 Å². The average molecular weight is 176 g/mol. The zero-order valence-electron chi connectivity index (χ0n) is 8.01. The Labute approximate surface area is 79.1 Å². The second-order valence-electron chi connectivity index (χ2n) is 3.71. The van der Waals surface area contributed by atoms with Crippen LogP contribution in [0.4, 0.5) is 5.69 Å². The fourth-order valence-electron chi connectivity index (χ4n) is 2.00. The minimum Gasteiger partial charge on any atom is -0.399 e. The van der Waals surface area contributed by atoms with Crippen LogP contribution >= 0.6 is 0 Å². The molecule has 2 heteroatoms. The summed E-state index contributed by atoms with van der Waals surface area (Å²) in [4.78, 5) is 0. The number of nitrogens with one attached hydrogen (secondary N) is 1. The number of rotatable bonds is 1. The van der Waals surface area contributed by atoms with E-state index in [-0.39, 0.29) is 0 Å². The van der Waals surface area contributed by atoms with Crippen molar-refractivity contribution in [3.8, 4) is 0 Å². The third-order valence-corrected chi connectivity index (χ3v) is 2.85. The summed E-state index contributed by atoms with van der Waals surface area (Å²) < 4.78 is 0. The van der Waals surface area contributed by atoms with Gasteiger partial charge in [-0.15, -0.1) is 0 Å². The number of hydrogen-bond acceptors (Lipinski definition) is 2. The van der Waals surface area contributed by atoms with Crippen molar-refractivity contribution in [2.45, 2.75) is 25.8 Å². The molecule has 1 fully saturated rings. The molecule has 1 aromatic rings. The molecule has 1 saturated heterocycles. The van der Waals surface area contributed by atoms with Crippen molar-refractivity contribution < 1.29 is 0 Å². The van der Waals surface area contributed by atoms with Gasteiger partial charge in [-0.1, -0.05) is 12.1 Å². The number of nitrogens with two attached hydrogens (primary N) is 1. The molecule has 70 valence electrons. The predicted octanol–water partition coefficient (Wildman–Crippen LogP) is 2.00. The fourth-order valence-corrected chi connectivity index (χ4v) is 2.00. The molecular formula is C11H16N2. The first-order chi connectivity index (χ1) is 6.29. The highest BCUT2D eigenvalue weighted by Gasteiger charge is 2.17. The van der Waals surface area contributed by atoms with Gasteiger partial charge in [0, 0.05) is 11.7 Å². The Morgan fingerprint density at radius 3 is 3.00 bits per heavy atom. The van der Waals surface area contributed by atoms with Gasteiger partial charge in [0.2, 0.25) is 0 Å². The van der Waals surface area contributed by atoms with Gasteiger partial charge in [0.25, 0.3) is 0 Å². The Hall–Kier alpha value is -1.02. The molecular weight excluding hydrogens is 160 g/mol. The molecule has 0 aliphatic carbocycles. The average Bonchev–Trinajstić information content (AvgIpc) is 2.62. The lowest BCUT2D eigenvalue weighted by atomic mass is 9.99. The molecule has 2 rings (SSSR count). The summed E-state index contributed by atoms with van der Waals surface area (Å²) in [6, 6.07) is 6.71. The topological polar surface area (TPSA) is 38.0 Å². The van der Waals surface area contributed by atoms with E-state index < -0.39 is 0 Å². The third kappa shape index (κ3) is 1.54. The zero-order valence-corrected chi connectivity index (χ0v) is 8.01. The molecule has 0 aromatic heterocycles. The van der Waals surface area contributed by atoms with Crippen LogP contribution < -0.4 is 11.1 Å². The first kappa shape index (κ1) is 8.57. The first-order valence-electron chi connectivity index (χ1n) is 4.87. The summed E-state index contributed by atoms with van der Waals surface area (Å²) in [5, 5.41) is 3.49. The molecule has 2 nitrogen and oxygen atoms in total. The molecule has 0 saturated carbocycles. The normalized spacial score (nSPS) is 22.1. The molecule has 0 radical (unpaired) electrons. The lowest BCUT2D eigenvalue weighted by Gasteiger charge is -2.14. The van der Waals surface area contributed by atoms with Gasteiger partial charge >= 0.3 is 0 Å². The Morgan fingerprint density at radius 1 is 1.46 bits per heavy atom. The van der Waals surface area contributed by atoms with E-state index in [0.717, 1.165) is 12.2 Å². The summed E-state index contributed by atoms with van der Waals surface area (Å²) in [6.07, 6.45) is 2.52. The number of anilines is 1. The van der Waals surface area contributed by atoms with E-state index >= 15 is 0 Å². The van der Waals surface area contributed by atoms with Gasteiger partial charge in [-0.2, -0.15) is 0 Å². The quantitative estimate of drug-likeness (QED) is 0.642. The summed E-state index contributed by atoms with van der Waals surface area (Å²) in [5.74, 6) is 0. The van der Waals surface area contributed by atoms with Crippen LogP contribution in [0.15, 0.2) is 18.2 Å². The summed E-state index contributed by atoms with van der Waals surface area (Å²) >= 11 is 0. The van der Waals surface area contributed by atoms with Crippen LogP contribution in [-0.2, 0) is 0 Å². The van der Waals surface area contributed by atoms with E-state index in [2.05, 4.69) is 18.3 Å². The van der Waals surface area contributed by atoms with Crippen LogP contribution in [0.25, 0.3) is 0 Å². The van der Waals surface area contributed by atoms with Gasteiger partial charge in [0.15, 0.2) is 0 Å². The molecule has 1 heterocycles. The Bertz CT molecular complexity index is 301. The second-order valence-corrected chi connectivity index (χ2v) is 3.71. The van der Waals surface area contributed by atoms with Crippen molar-refractivity contribution in [1.29, 1.82) is 0 Å². The Kier molecular flexibility index (Phi) is 2.23. The molecule has 0 bridgehead atoms. The lowest BCUT2D eigenvalue weighted by molar-refractivity contribution is 0.644. The van der Waals surface area contributed by atoms with Gasteiger partial charge in [-0.3, -0.25) is 0 Å². The number of benzene rings is 1. The molecule has 0 spiro atoms. The van der Waals surface area contributed by atoms with Gasteiger partial charge in [-0.25, -0.2) is 0 Å². The number of nitrogen functional groups attached to an aromatic ring is 1. The SMILES string of the molecule is Cc1c(N)cccc1[C@@H]1CCCN1. The maximum Gasteiger partial charge on any atom is 0.0347 e. The van der Waals surface area contributed by atoms with Crippen molar-refractivity contribution in [3.05, 3.63) is 29.3 Å². The van der Waals surface area contributed by atoms with E-state index in [4.69, 9.17) is 5.73 Å². The van der Waals surface area contributed by atoms with E-state index in [1.54, 1.807) is 0 Å². The van der Waals surface area contributed by atoms with Crippen LogP contribution in [0.2, 0.25) is 0 Å². The van der Waals surface area contributed by atoms with Crippen LogP contribution in [0.1, 0.15) is 30.0 Å². The minimum absolute atomic E-state index is 0.531. The summed E-state index contributed by atoms with van der Waals surface area (Å²) in [6.45, 7) is 3.24. The Morgan fingerprint density at radius 2 is 2.31 bits per heavy atom. The molecule has 0 unspecified atom stereocenters. The van der Waals surface area contributed by atoms with Crippen molar-refractivity contribution in [2.75, 3.05) is 12.3 Å². The van der Waals surface area contributed by atoms with Crippen molar-refractivity contribution >= 4 is 5.69 Å². The maximum atomic E-state index is 5.86. The van der Waals surface area contributed by atoms with Gasteiger partial charge < -0.3 is 11.1 Å². The molecule has 1 aromatic carbocycles. The van der Waals surface area contributed by atoms with E-state index in [0.29, 0.717) is 6.04 Å². The van der Waals surface area contributed by atoms with E-state index in [9.17, 15) is 0 Å². The van der Waals surface area contributed by atoms with Crippen molar-refractivity contribution in [3.63, 3.8) is 0 Å². The zero-order chi connectivity index (χ0) is 9.26. The highest BCUT2D eigenvalue weighted by Crippen LogP contribution is 2.28.